The van der Waals surface area contributed by atoms with Crippen LogP contribution in [-0.4, -0.2) is 11.5 Å². The van der Waals surface area contributed by atoms with E-state index in [9.17, 15) is 0 Å². The van der Waals surface area contributed by atoms with Gasteiger partial charge in [0.25, 0.3) is 0 Å². The highest BCUT2D eigenvalue weighted by Crippen LogP contribution is 2.14. The van der Waals surface area contributed by atoms with Crippen molar-refractivity contribution in [2.45, 2.75) is 12.5 Å². The van der Waals surface area contributed by atoms with Crippen molar-refractivity contribution in [3.05, 3.63) is 59.2 Å². The molecule has 2 aromatic rings. The molecule has 3 nitrogen and oxygen atoms in total. The van der Waals surface area contributed by atoms with Crippen LogP contribution < -0.4 is 11.1 Å². The molecule has 1 aromatic heterocycles. The maximum absolute atomic E-state index is 6.10. The second kappa shape index (κ2) is 6.38. The Balaban J connectivity index is 1.80. The van der Waals surface area contributed by atoms with Crippen molar-refractivity contribution in [1.82, 2.24) is 4.98 Å². The lowest BCUT2D eigenvalue weighted by atomic mass is 10.1. The van der Waals surface area contributed by atoms with E-state index in [0.29, 0.717) is 5.02 Å². The van der Waals surface area contributed by atoms with Gasteiger partial charge in [-0.05, 0) is 24.1 Å². The molecule has 0 saturated carbocycles. The third-order valence-corrected chi connectivity index (χ3v) is 2.94. The molecule has 94 valence electrons. The van der Waals surface area contributed by atoms with Crippen LogP contribution in [0.2, 0.25) is 5.02 Å². The molecule has 1 unspecified atom stereocenters. The summed E-state index contributed by atoms with van der Waals surface area (Å²) in [6, 6.07) is 13.8. The molecule has 1 atom stereocenters. The van der Waals surface area contributed by atoms with E-state index < -0.39 is 0 Å². The van der Waals surface area contributed by atoms with Crippen LogP contribution in [0, 0.1) is 0 Å². The van der Waals surface area contributed by atoms with Crippen LogP contribution in [0.4, 0.5) is 5.82 Å². The summed E-state index contributed by atoms with van der Waals surface area (Å²) < 4.78 is 0. The van der Waals surface area contributed by atoms with Crippen molar-refractivity contribution >= 4 is 17.4 Å². The first-order valence-electron chi connectivity index (χ1n) is 5.91. The first-order chi connectivity index (χ1) is 8.75. The van der Waals surface area contributed by atoms with Crippen molar-refractivity contribution < 1.29 is 0 Å². The molecule has 0 fully saturated rings. The van der Waals surface area contributed by atoms with Gasteiger partial charge in [0.1, 0.15) is 5.82 Å². The van der Waals surface area contributed by atoms with Crippen molar-refractivity contribution in [2.75, 3.05) is 11.9 Å². The van der Waals surface area contributed by atoms with Gasteiger partial charge in [-0.3, -0.25) is 0 Å². The summed E-state index contributed by atoms with van der Waals surface area (Å²) in [6.45, 7) is 0.782. The molecule has 1 aromatic carbocycles. The Morgan fingerprint density at radius 3 is 2.61 bits per heavy atom. The predicted octanol–water partition coefficient (Wildman–Crippen LogP) is 3.24. The van der Waals surface area contributed by atoms with Gasteiger partial charge in [-0.25, -0.2) is 4.98 Å². The number of hydrogen-bond acceptors (Lipinski definition) is 3. The highest BCUT2D eigenvalue weighted by Gasteiger charge is 2.04. The van der Waals surface area contributed by atoms with Crippen molar-refractivity contribution in [3.8, 4) is 0 Å². The Labute approximate surface area is 112 Å². The smallest absolute Gasteiger partial charge is 0.125 e. The Bertz CT molecular complexity index is 470. The van der Waals surface area contributed by atoms with Crippen molar-refractivity contribution in [1.29, 1.82) is 0 Å². The minimum Gasteiger partial charge on any atom is -0.370 e. The molecule has 0 amide bonds. The lowest BCUT2D eigenvalue weighted by Crippen LogP contribution is -2.15. The largest absolute Gasteiger partial charge is 0.370 e. The lowest BCUT2D eigenvalue weighted by molar-refractivity contribution is 0.674. The van der Waals surface area contributed by atoms with Crippen LogP contribution >= 0.6 is 11.6 Å². The number of anilines is 1. The number of hydrogen-bond donors (Lipinski definition) is 2. The van der Waals surface area contributed by atoms with Gasteiger partial charge in [-0.1, -0.05) is 41.9 Å². The van der Waals surface area contributed by atoms with Gasteiger partial charge in [0.2, 0.25) is 0 Å². The summed E-state index contributed by atoms with van der Waals surface area (Å²) in [6.07, 6.45) is 2.48. The summed E-state index contributed by atoms with van der Waals surface area (Å²) in [4.78, 5) is 4.16. The molecule has 0 aliphatic carbocycles. The molecular weight excluding hydrogens is 246 g/mol. The van der Waals surface area contributed by atoms with Crippen LogP contribution in [0.1, 0.15) is 18.0 Å². The molecule has 0 spiro atoms. The summed E-state index contributed by atoms with van der Waals surface area (Å²) in [5.74, 6) is 0.819. The number of nitrogens with two attached hydrogens (primary N) is 1. The van der Waals surface area contributed by atoms with E-state index in [1.54, 1.807) is 6.20 Å². The van der Waals surface area contributed by atoms with E-state index in [1.807, 2.05) is 42.5 Å². The zero-order valence-electron chi connectivity index (χ0n) is 10.0. The van der Waals surface area contributed by atoms with E-state index in [4.69, 9.17) is 17.3 Å². The number of rotatable bonds is 5. The van der Waals surface area contributed by atoms with E-state index in [2.05, 4.69) is 10.3 Å². The van der Waals surface area contributed by atoms with Gasteiger partial charge in [0, 0.05) is 18.8 Å². The topological polar surface area (TPSA) is 50.9 Å². The fourth-order valence-electron chi connectivity index (χ4n) is 1.70. The molecule has 1 heterocycles. The van der Waals surface area contributed by atoms with Gasteiger partial charge in [0.15, 0.2) is 0 Å². The van der Waals surface area contributed by atoms with Crippen molar-refractivity contribution in [2.24, 2.45) is 5.73 Å². The number of nitrogens with zero attached hydrogens (tertiary/aromatic N) is 1. The highest BCUT2D eigenvalue weighted by atomic mass is 35.5. The second-order valence-corrected chi connectivity index (χ2v) is 4.53. The van der Waals surface area contributed by atoms with E-state index >= 15 is 0 Å². The molecule has 0 aliphatic rings. The molecule has 18 heavy (non-hydrogen) atoms. The molecule has 3 N–H and O–H groups in total. The Morgan fingerprint density at radius 2 is 1.94 bits per heavy atom. The average molecular weight is 262 g/mol. The minimum absolute atomic E-state index is 0.0472. The number of aromatic nitrogens is 1. The monoisotopic (exact) mass is 261 g/mol. The van der Waals surface area contributed by atoms with Crippen LogP contribution in [0.25, 0.3) is 0 Å². The second-order valence-electron chi connectivity index (χ2n) is 4.09. The first-order valence-corrected chi connectivity index (χ1v) is 6.29. The zero-order chi connectivity index (χ0) is 12.8. The average Bonchev–Trinajstić information content (AvgIpc) is 2.42. The minimum atomic E-state index is 0.0472. The standard InChI is InChI=1S/C14H16ClN3/c15-12-6-7-14(18-10-12)17-9-8-13(16)11-4-2-1-3-5-11/h1-7,10,13H,8-9,16H2,(H,17,18). The molecule has 0 aliphatic heterocycles. The molecule has 0 saturated heterocycles. The van der Waals surface area contributed by atoms with E-state index in [0.717, 1.165) is 24.3 Å². The molecule has 0 radical (unpaired) electrons. The number of halogens is 1. The quantitative estimate of drug-likeness (QED) is 0.869. The molecule has 4 heteroatoms. The predicted molar refractivity (Wildman–Crippen MR) is 75.7 cm³/mol. The molecule has 0 bridgehead atoms. The fourth-order valence-corrected chi connectivity index (χ4v) is 1.81. The maximum atomic E-state index is 6.10. The van der Waals surface area contributed by atoms with Gasteiger partial charge >= 0.3 is 0 Å². The van der Waals surface area contributed by atoms with Gasteiger partial charge in [-0.15, -0.1) is 0 Å². The first kappa shape index (κ1) is 12.9. The lowest BCUT2D eigenvalue weighted by Gasteiger charge is -2.12. The van der Waals surface area contributed by atoms with Gasteiger partial charge in [-0.2, -0.15) is 0 Å². The zero-order valence-corrected chi connectivity index (χ0v) is 10.8. The SMILES string of the molecule is NC(CCNc1ccc(Cl)cn1)c1ccccc1. The van der Waals surface area contributed by atoms with Gasteiger partial charge in [0.05, 0.1) is 5.02 Å². The molecular formula is C14H16ClN3. The van der Waals surface area contributed by atoms with Crippen LogP contribution in [0.3, 0.4) is 0 Å². The summed E-state index contributed by atoms with van der Waals surface area (Å²) >= 11 is 5.77. The number of nitrogens with one attached hydrogen (secondary N) is 1. The van der Waals surface area contributed by atoms with E-state index in [-0.39, 0.29) is 6.04 Å². The summed E-state index contributed by atoms with van der Waals surface area (Å²) in [5, 5.41) is 3.86. The summed E-state index contributed by atoms with van der Waals surface area (Å²) in [5.41, 5.74) is 7.26. The third-order valence-electron chi connectivity index (χ3n) is 2.72. The highest BCUT2D eigenvalue weighted by molar-refractivity contribution is 6.30. The molecule has 2 rings (SSSR count). The Morgan fingerprint density at radius 1 is 1.17 bits per heavy atom. The van der Waals surface area contributed by atoms with Crippen LogP contribution in [-0.2, 0) is 0 Å². The maximum Gasteiger partial charge on any atom is 0.125 e. The Kier molecular flexibility index (Phi) is 4.56. The van der Waals surface area contributed by atoms with Crippen LogP contribution in [0.5, 0.6) is 0 Å². The van der Waals surface area contributed by atoms with Gasteiger partial charge < -0.3 is 11.1 Å². The third kappa shape index (κ3) is 3.72. The van der Waals surface area contributed by atoms with E-state index in [1.165, 1.54) is 0 Å². The normalized spacial score (nSPS) is 12.1. The van der Waals surface area contributed by atoms with Crippen molar-refractivity contribution in [3.63, 3.8) is 0 Å². The number of benzene rings is 1. The number of pyridine rings is 1. The Hall–Kier alpha value is -1.58. The summed E-state index contributed by atoms with van der Waals surface area (Å²) in [7, 11) is 0. The fraction of sp³-hybridized carbons (Fsp3) is 0.214. The van der Waals surface area contributed by atoms with Crippen LogP contribution in [0.15, 0.2) is 48.7 Å².